The van der Waals surface area contributed by atoms with Gasteiger partial charge in [-0.05, 0) is 61.4 Å². The number of alkyl carbamates (subject to hydrolysis) is 1. The molecule has 1 rings (SSSR count). The van der Waals surface area contributed by atoms with Crippen molar-refractivity contribution in [1.82, 2.24) is 25.6 Å². The molecular formula is C16H31N5O2. The van der Waals surface area contributed by atoms with E-state index in [1.54, 1.807) is 0 Å². The Labute approximate surface area is 139 Å². The first-order valence-electron chi connectivity index (χ1n) is 8.09. The molecule has 0 saturated carbocycles. The highest BCUT2D eigenvalue weighted by atomic mass is 16.6. The van der Waals surface area contributed by atoms with Crippen LogP contribution in [-0.4, -0.2) is 39.3 Å². The zero-order valence-electron chi connectivity index (χ0n) is 15.4. The number of rotatable bonds is 6. The Hall–Kier alpha value is -1.63. The lowest BCUT2D eigenvalue weighted by atomic mass is 10.1. The zero-order valence-corrected chi connectivity index (χ0v) is 15.4. The number of hydrogen-bond acceptors (Lipinski definition) is 5. The highest BCUT2D eigenvalue weighted by Gasteiger charge is 2.17. The maximum absolute atomic E-state index is 11.6. The SMILES string of the molecule is CC(CCNCc1cn(C(C)(C)C)nn1)NC(=O)OC(C)(C)C. The van der Waals surface area contributed by atoms with Crippen LogP contribution in [0.5, 0.6) is 0 Å². The third kappa shape index (κ3) is 7.97. The van der Waals surface area contributed by atoms with Crippen LogP contribution in [0, 0.1) is 0 Å². The molecule has 0 spiro atoms. The van der Waals surface area contributed by atoms with Gasteiger partial charge in [-0.25, -0.2) is 9.48 Å². The first-order chi connectivity index (χ1) is 10.5. The molecule has 0 aliphatic carbocycles. The lowest BCUT2D eigenvalue weighted by Gasteiger charge is -2.22. The Balaban J connectivity index is 2.24. The molecular weight excluding hydrogens is 294 g/mol. The van der Waals surface area contributed by atoms with E-state index in [4.69, 9.17) is 4.74 Å². The number of nitrogens with zero attached hydrogens (tertiary/aromatic N) is 3. The second-order valence-electron chi connectivity index (χ2n) is 7.84. The van der Waals surface area contributed by atoms with Crippen LogP contribution >= 0.6 is 0 Å². The molecule has 0 aliphatic heterocycles. The predicted octanol–water partition coefficient (Wildman–Crippen LogP) is 2.43. The fraction of sp³-hybridized carbons (Fsp3) is 0.812. The first kappa shape index (κ1) is 19.4. The van der Waals surface area contributed by atoms with Crippen LogP contribution in [0.3, 0.4) is 0 Å². The molecule has 1 atom stereocenters. The van der Waals surface area contributed by atoms with E-state index in [1.807, 2.05) is 38.6 Å². The first-order valence-corrected chi connectivity index (χ1v) is 8.09. The minimum atomic E-state index is -0.471. The fourth-order valence-corrected chi connectivity index (χ4v) is 1.82. The maximum atomic E-state index is 11.6. The van der Waals surface area contributed by atoms with Crippen molar-refractivity contribution in [3.8, 4) is 0 Å². The molecule has 0 aromatic carbocycles. The summed E-state index contributed by atoms with van der Waals surface area (Å²) >= 11 is 0. The van der Waals surface area contributed by atoms with Gasteiger partial charge < -0.3 is 15.4 Å². The summed E-state index contributed by atoms with van der Waals surface area (Å²) in [5.74, 6) is 0. The van der Waals surface area contributed by atoms with Gasteiger partial charge in [0.1, 0.15) is 5.60 Å². The van der Waals surface area contributed by atoms with Gasteiger partial charge in [0.25, 0.3) is 0 Å². The summed E-state index contributed by atoms with van der Waals surface area (Å²) in [6, 6.07) is 0.0441. The van der Waals surface area contributed by atoms with Gasteiger partial charge in [-0.15, -0.1) is 5.10 Å². The maximum Gasteiger partial charge on any atom is 0.407 e. The van der Waals surface area contributed by atoms with Crippen LogP contribution in [0.2, 0.25) is 0 Å². The highest BCUT2D eigenvalue weighted by Crippen LogP contribution is 2.11. The minimum absolute atomic E-state index is 0.0441. The topological polar surface area (TPSA) is 81.1 Å². The highest BCUT2D eigenvalue weighted by molar-refractivity contribution is 5.67. The number of aromatic nitrogens is 3. The van der Waals surface area contributed by atoms with Gasteiger partial charge in [0.2, 0.25) is 0 Å². The number of ether oxygens (including phenoxy) is 1. The molecule has 1 heterocycles. The molecule has 1 unspecified atom stereocenters. The second-order valence-corrected chi connectivity index (χ2v) is 7.84. The molecule has 0 radical (unpaired) electrons. The van der Waals surface area contributed by atoms with E-state index in [0.717, 1.165) is 18.7 Å². The summed E-state index contributed by atoms with van der Waals surface area (Å²) in [7, 11) is 0. The summed E-state index contributed by atoms with van der Waals surface area (Å²) in [5, 5.41) is 14.4. The van der Waals surface area contributed by atoms with Gasteiger partial charge in [0.05, 0.1) is 17.4 Å². The summed E-state index contributed by atoms with van der Waals surface area (Å²) in [4.78, 5) is 11.6. The predicted molar refractivity (Wildman–Crippen MR) is 90.2 cm³/mol. The van der Waals surface area contributed by atoms with Crippen LogP contribution in [0.4, 0.5) is 4.79 Å². The molecule has 0 aliphatic rings. The summed E-state index contributed by atoms with van der Waals surface area (Å²) < 4.78 is 7.08. The van der Waals surface area contributed by atoms with Gasteiger partial charge in [-0.3, -0.25) is 0 Å². The van der Waals surface area contributed by atoms with E-state index in [2.05, 4.69) is 41.7 Å². The van der Waals surface area contributed by atoms with Crippen molar-refractivity contribution in [3.63, 3.8) is 0 Å². The Morgan fingerprint density at radius 2 is 1.96 bits per heavy atom. The van der Waals surface area contributed by atoms with Gasteiger partial charge in [0, 0.05) is 12.6 Å². The third-order valence-electron chi connectivity index (χ3n) is 3.05. The zero-order chi connectivity index (χ0) is 17.7. The van der Waals surface area contributed by atoms with Crippen LogP contribution in [0.15, 0.2) is 6.20 Å². The number of hydrogen-bond donors (Lipinski definition) is 2. The molecule has 132 valence electrons. The monoisotopic (exact) mass is 325 g/mol. The Morgan fingerprint density at radius 1 is 1.30 bits per heavy atom. The molecule has 0 bridgehead atoms. The molecule has 1 aromatic rings. The molecule has 1 amide bonds. The van der Waals surface area contributed by atoms with Gasteiger partial charge in [-0.2, -0.15) is 0 Å². The van der Waals surface area contributed by atoms with E-state index in [9.17, 15) is 4.79 Å². The van der Waals surface area contributed by atoms with Crippen molar-refractivity contribution in [3.05, 3.63) is 11.9 Å². The standard InChI is InChI=1S/C16H31N5O2/c1-12(18-14(22)23-16(5,6)7)8-9-17-10-13-11-21(20-19-13)15(2,3)4/h11-12,17H,8-10H2,1-7H3,(H,18,22). The number of carbonyl (C=O) groups is 1. The Kier molecular flexibility index (Phi) is 6.56. The van der Waals surface area contributed by atoms with E-state index < -0.39 is 5.60 Å². The van der Waals surface area contributed by atoms with Gasteiger partial charge in [0.15, 0.2) is 0 Å². The number of carbonyl (C=O) groups excluding carboxylic acids is 1. The van der Waals surface area contributed by atoms with E-state index in [0.29, 0.717) is 6.54 Å². The number of nitrogens with one attached hydrogen (secondary N) is 2. The number of amides is 1. The summed E-state index contributed by atoms with van der Waals surface area (Å²) in [6.45, 7) is 15.2. The molecule has 0 saturated heterocycles. The van der Waals surface area contributed by atoms with Crippen LogP contribution < -0.4 is 10.6 Å². The van der Waals surface area contributed by atoms with Crippen LogP contribution in [0.25, 0.3) is 0 Å². The largest absolute Gasteiger partial charge is 0.444 e. The minimum Gasteiger partial charge on any atom is -0.444 e. The molecule has 7 nitrogen and oxygen atoms in total. The third-order valence-corrected chi connectivity index (χ3v) is 3.05. The van der Waals surface area contributed by atoms with Gasteiger partial charge in [-0.1, -0.05) is 5.21 Å². The van der Waals surface area contributed by atoms with Crippen LogP contribution in [-0.2, 0) is 16.8 Å². The average molecular weight is 325 g/mol. The average Bonchev–Trinajstić information content (AvgIpc) is 2.80. The lowest BCUT2D eigenvalue weighted by Crippen LogP contribution is -2.38. The fourth-order valence-electron chi connectivity index (χ4n) is 1.82. The molecule has 7 heteroatoms. The van der Waals surface area contributed by atoms with Crippen molar-refractivity contribution in [2.45, 2.75) is 78.6 Å². The Bertz CT molecular complexity index is 499. The smallest absolute Gasteiger partial charge is 0.407 e. The summed E-state index contributed by atoms with van der Waals surface area (Å²) in [6.07, 6.45) is 2.39. The summed E-state index contributed by atoms with van der Waals surface area (Å²) in [5.41, 5.74) is 0.380. The normalized spacial score (nSPS) is 13.7. The van der Waals surface area contributed by atoms with E-state index in [1.165, 1.54) is 0 Å². The van der Waals surface area contributed by atoms with E-state index >= 15 is 0 Å². The van der Waals surface area contributed by atoms with Crippen molar-refractivity contribution < 1.29 is 9.53 Å². The quantitative estimate of drug-likeness (QED) is 0.785. The lowest BCUT2D eigenvalue weighted by molar-refractivity contribution is 0.0506. The van der Waals surface area contributed by atoms with Crippen LogP contribution in [0.1, 0.15) is 60.6 Å². The van der Waals surface area contributed by atoms with Crippen molar-refractivity contribution >= 4 is 6.09 Å². The molecule has 1 aromatic heterocycles. The molecule has 0 fully saturated rings. The second kappa shape index (κ2) is 7.77. The molecule has 2 N–H and O–H groups in total. The van der Waals surface area contributed by atoms with Crippen molar-refractivity contribution in [2.24, 2.45) is 0 Å². The van der Waals surface area contributed by atoms with Crippen molar-refractivity contribution in [2.75, 3.05) is 6.54 Å². The van der Waals surface area contributed by atoms with Gasteiger partial charge >= 0.3 is 6.09 Å². The van der Waals surface area contributed by atoms with E-state index in [-0.39, 0.29) is 17.7 Å². The van der Waals surface area contributed by atoms with Crippen molar-refractivity contribution in [1.29, 1.82) is 0 Å². The Morgan fingerprint density at radius 3 is 2.48 bits per heavy atom. The molecule has 23 heavy (non-hydrogen) atoms.